The number of hydrogen-bond acceptors (Lipinski definition) is 11. The number of sulfone groups is 1. The zero-order valence-electron chi connectivity index (χ0n) is 22.1. The molecule has 37 heavy (non-hydrogen) atoms. The Bertz CT molecular complexity index is 1180. The molecule has 0 unspecified atom stereocenters. The van der Waals surface area contributed by atoms with Crippen molar-refractivity contribution in [3.63, 3.8) is 0 Å². The molecule has 1 aliphatic rings. The Hall–Kier alpha value is -3.35. The molecular weight excluding hydrogens is 500 g/mol. The first-order chi connectivity index (χ1) is 17.5. The van der Waals surface area contributed by atoms with Crippen LogP contribution in [0.25, 0.3) is 0 Å². The van der Waals surface area contributed by atoms with Crippen LogP contribution in [0.1, 0.15) is 39.3 Å². The maximum atomic E-state index is 12.1. The van der Waals surface area contributed by atoms with Crippen LogP contribution in [0, 0.1) is 6.92 Å². The standard InChI is InChI=1S/C24H36N6O6S/c1-15(2)35-24(31)30-11-9-18(10-12-30)36-23-21(34-5)22(26-14-27-23)29-19-7-8-20(28-17(19)4)25-13-16(3)37(6,32)33/h7-8,14-16,18H,9-13H2,1-6H3,(H,25,28)(H,26,27,29)/t16-/m1/s1. The fourth-order valence-electron chi connectivity index (χ4n) is 3.62. The second kappa shape index (κ2) is 12.3. The Morgan fingerprint density at radius 1 is 1.19 bits per heavy atom. The zero-order valence-corrected chi connectivity index (χ0v) is 23.0. The molecule has 204 valence electrons. The lowest BCUT2D eigenvalue weighted by Gasteiger charge is -2.31. The summed E-state index contributed by atoms with van der Waals surface area (Å²) in [7, 11) is -1.62. The molecule has 13 heteroatoms. The first-order valence-corrected chi connectivity index (χ1v) is 14.1. The summed E-state index contributed by atoms with van der Waals surface area (Å²) in [4.78, 5) is 26.9. The average molecular weight is 537 g/mol. The number of pyridine rings is 1. The smallest absolute Gasteiger partial charge is 0.410 e. The number of amides is 1. The van der Waals surface area contributed by atoms with Crippen molar-refractivity contribution in [3.8, 4) is 11.6 Å². The number of nitrogens with one attached hydrogen (secondary N) is 2. The Morgan fingerprint density at radius 3 is 2.49 bits per heavy atom. The van der Waals surface area contributed by atoms with Gasteiger partial charge in [0.2, 0.25) is 5.75 Å². The highest BCUT2D eigenvalue weighted by Gasteiger charge is 2.27. The summed E-state index contributed by atoms with van der Waals surface area (Å²) in [6.07, 6.45) is 3.27. The largest absolute Gasteiger partial charge is 0.489 e. The lowest BCUT2D eigenvalue weighted by atomic mass is 10.1. The van der Waals surface area contributed by atoms with Gasteiger partial charge < -0.3 is 29.7 Å². The summed E-state index contributed by atoms with van der Waals surface area (Å²) in [5.74, 6) is 1.65. The van der Waals surface area contributed by atoms with Gasteiger partial charge in [-0.1, -0.05) is 0 Å². The average Bonchev–Trinajstić information content (AvgIpc) is 2.83. The molecule has 1 fully saturated rings. The van der Waals surface area contributed by atoms with Gasteiger partial charge in [0, 0.05) is 38.7 Å². The maximum Gasteiger partial charge on any atom is 0.410 e. The number of carbonyl (C=O) groups excluding carboxylic acids is 1. The number of rotatable bonds is 10. The fraction of sp³-hybridized carbons (Fsp3) is 0.583. The fourth-order valence-corrected chi connectivity index (χ4v) is 4.01. The van der Waals surface area contributed by atoms with E-state index in [2.05, 4.69) is 25.6 Å². The maximum absolute atomic E-state index is 12.1. The summed E-state index contributed by atoms with van der Waals surface area (Å²) in [6.45, 7) is 8.45. The van der Waals surface area contributed by atoms with Crippen molar-refractivity contribution < 1.29 is 27.4 Å². The molecule has 3 rings (SSSR count). The third-order valence-electron chi connectivity index (χ3n) is 5.93. The number of methoxy groups -OCH3 is 1. The van der Waals surface area contributed by atoms with Gasteiger partial charge in [-0.3, -0.25) is 0 Å². The van der Waals surface area contributed by atoms with Gasteiger partial charge in [0.05, 0.1) is 29.8 Å². The third-order valence-corrected chi connectivity index (χ3v) is 7.56. The predicted molar refractivity (Wildman–Crippen MR) is 140 cm³/mol. The van der Waals surface area contributed by atoms with E-state index in [0.29, 0.717) is 60.6 Å². The van der Waals surface area contributed by atoms with E-state index in [4.69, 9.17) is 14.2 Å². The lowest BCUT2D eigenvalue weighted by molar-refractivity contribution is 0.0500. The molecule has 0 aromatic carbocycles. The van der Waals surface area contributed by atoms with Gasteiger partial charge in [0.25, 0.3) is 5.88 Å². The first kappa shape index (κ1) is 28.2. The van der Waals surface area contributed by atoms with E-state index < -0.39 is 15.1 Å². The molecule has 0 aliphatic carbocycles. The number of aromatic nitrogens is 3. The number of ether oxygens (including phenoxy) is 3. The molecule has 1 atom stereocenters. The Balaban J connectivity index is 1.65. The Labute approximate surface area is 218 Å². The van der Waals surface area contributed by atoms with E-state index in [1.54, 1.807) is 17.9 Å². The van der Waals surface area contributed by atoms with E-state index >= 15 is 0 Å². The van der Waals surface area contributed by atoms with Crippen LogP contribution in [0.3, 0.4) is 0 Å². The molecular formula is C24H36N6O6S. The van der Waals surface area contributed by atoms with Crippen molar-refractivity contribution in [1.29, 1.82) is 0 Å². The summed E-state index contributed by atoms with van der Waals surface area (Å²) in [5.41, 5.74) is 1.38. The molecule has 0 spiro atoms. The van der Waals surface area contributed by atoms with Gasteiger partial charge in [0.1, 0.15) is 18.2 Å². The van der Waals surface area contributed by atoms with Crippen molar-refractivity contribution >= 4 is 33.3 Å². The van der Waals surface area contributed by atoms with E-state index in [0.717, 1.165) is 0 Å². The lowest BCUT2D eigenvalue weighted by Crippen LogP contribution is -2.42. The van der Waals surface area contributed by atoms with Crippen LogP contribution in [0.2, 0.25) is 0 Å². The summed E-state index contributed by atoms with van der Waals surface area (Å²) >= 11 is 0. The molecule has 0 radical (unpaired) electrons. The zero-order chi connectivity index (χ0) is 27.2. The van der Waals surface area contributed by atoms with Gasteiger partial charge in [0.15, 0.2) is 15.7 Å². The van der Waals surface area contributed by atoms with Crippen molar-refractivity contribution in [2.24, 2.45) is 0 Å². The Morgan fingerprint density at radius 2 is 1.89 bits per heavy atom. The van der Waals surface area contributed by atoms with Gasteiger partial charge in [-0.25, -0.2) is 23.2 Å². The molecule has 1 aliphatic heterocycles. The second-order valence-corrected chi connectivity index (χ2v) is 11.7. The van der Waals surface area contributed by atoms with Crippen LogP contribution in [-0.4, -0.2) is 84.8 Å². The third kappa shape index (κ3) is 7.81. The monoisotopic (exact) mass is 536 g/mol. The van der Waals surface area contributed by atoms with Crippen LogP contribution >= 0.6 is 0 Å². The van der Waals surface area contributed by atoms with E-state index in [9.17, 15) is 13.2 Å². The van der Waals surface area contributed by atoms with Crippen molar-refractivity contribution in [2.75, 3.05) is 43.6 Å². The van der Waals surface area contributed by atoms with Crippen LogP contribution in [0.15, 0.2) is 18.5 Å². The van der Waals surface area contributed by atoms with Gasteiger partial charge in [-0.15, -0.1) is 0 Å². The van der Waals surface area contributed by atoms with Crippen LogP contribution < -0.4 is 20.1 Å². The highest BCUT2D eigenvalue weighted by molar-refractivity contribution is 7.91. The van der Waals surface area contributed by atoms with Crippen molar-refractivity contribution in [2.45, 2.75) is 58.0 Å². The van der Waals surface area contributed by atoms with E-state index in [1.807, 2.05) is 26.8 Å². The van der Waals surface area contributed by atoms with Gasteiger partial charge >= 0.3 is 6.09 Å². The molecule has 3 heterocycles. The molecule has 2 N–H and O–H groups in total. The van der Waals surface area contributed by atoms with Crippen molar-refractivity contribution in [1.82, 2.24) is 19.9 Å². The minimum absolute atomic E-state index is 0.136. The Kier molecular flexibility index (Phi) is 9.35. The van der Waals surface area contributed by atoms with Gasteiger partial charge in [-0.05, 0) is 39.8 Å². The number of aryl methyl sites for hydroxylation is 1. The van der Waals surface area contributed by atoms with E-state index in [-0.39, 0.29) is 24.8 Å². The number of hydrogen-bond donors (Lipinski definition) is 2. The second-order valence-electron chi connectivity index (χ2n) is 9.27. The topological polar surface area (TPSA) is 145 Å². The van der Waals surface area contributed by atoms with Crippen LogP contribution in [0.4, 0.5) is 22.1 Å². The summed E-state index contributed by atoms with van der Waals surface area (Å²) in [6, 6.07) is 3.58. The number of carbonyl (C=O) groups is 1. The summed E-state index contributed by atoms with van der Waals surface area (Å²) < 4.78 is 40.2. The first-order valence-electron chi connectivity index (χ1n) is 12.2. The minimum Gasteiger partial charge on any atom is -0.489 e. The van der Waals surface area contributed by atoms with Crippen LogP contribution in [-0.2, 0) is 14.6 Å². The number of likely N-dealkylation sites (tertiary alicyclic amines) is 1. The highest BCUT2D eigenvalue weighted by Crippen LogP contribution is 2.35. The van der Waals surface area contributed by atoms with Crippen LogP contribution in [0.5, 0.6) is 11.6 Å². The molecule has 12 nitrogen and oxygen atoms in total. The molecule has 1 saturated heterocycles. The number of nitrogens with zero attached hydrogens (tertiary/aromatic N) is 4. The van der Waals surface area contributed by atoms with Crippen molar-refractivity contribution in [3.05, 3.63) is 24.2 Å². The molecule has 2 aromatic rings. The minimum atomic E-state index is -3.13. The SMILES string of the molecule is COc1c(Nc2ccc(NC[C@@H](C)S(C)(=O)=O)nc2C)ncnc1OC1CCN(C(=O)OC(C)C)CC1. The normalized spacial score (nSPS) is 15.3. The highest BCUT2D eigenvalue weighted by atomic mass is 32.2. The predicted octanol–water partition coefficient (Wildman–Crippen LogP) is 3.17. The number of piperidine rings is 1. The number of anilines is 3. The van der Waals surface area contributed by atoms with Gasteiger partial charge in [-0.2, -0.15) is 4.98 Å². The summed E-state index contributed by atoms with van der Waals surface area (Å²) in [5, 5.41) is 5.74. The quantitative estimate of drug-likeness (QED) is 0.462. The molecule has 2 aromatic heterocycles. The molecule has 0 saturated carbocycles. The van der Waals surface area contributed by atoms with E-state index in [1.165, 1.54) is 19.7 Å². The molecule has 1 amide bonds. The molecule has 0 bridgehead atoms.